The first kappa shape index (κ1) is 22.6. The molecule has 1 aromatic heterocycles. The Morgan fingerprint density at radius 1 is 1.24 bits per heavy atom. The van der Waals surface area contributed by atoms with Crippen molar-refractivity contribution < 1.29 is 19.4 Å². The van der Waals surface area contributed by atoms with Gasteiger partial charge < -0.3 is 20.5 Å². The molecule has 4 rings (SSSR count). The summed E-state index contributed by atoms with van der Waals surface area (Å²) in [7, 11) is 0. The molecule has 2 atom stereocenters. The minimum Gasteiger partial charge on any atom is -0.480 e. The van der Waals surface area contributed by atoms with Gasteiger partial charge in [-0.25, -0.2) is 4.68 Å². The lowest BCUT2D eigenvalue weighted by atomic mass is 9.98. The van der Waals surface area contributed by atoms with Crippen LogP contribution in [0.2, 0.25) is 5.02 Å². The van der Waals surface area contributed by atoms with Crippen LogP contribution in [0.15, 0.2) is 73.2 Å². The lowest BCUT2D eigenvalue weighted by Crippen LogP contribution is -2.41. The van der Waals surface area contributed by atoms with Gasteiger partial charge in [0.05, 0.1) is 23.6 Å². The van der Waals surface area contributed by atoms with Gasteiger partial charge in [-0.05, 0) is 30.3 Å². The number of para-hydroxylation sites is 1. The van der Waals surface area contributed by atoms with Crippen molar-refractivity contribution in [1.29, 1.82) is 0 Å². The Morgan fingerprint density at radius 3 is 2.82 bits per heavy atom. The third-order valence-electron chi connectivity index (χ3n) is 5.21. The number of benzene rings is 2. The molecule has 2 amide bonds. The molecule has 0 fully saturated rings. The predicted octanol–water partition coefficient (Wildman–Crippen LogP) is 3.16. The second-order valence-electron chi connectivity index (χ2n) is 7.65. The van der Waals surface area contributed by atoms with Crippen molar-refractivity contribution in [2.24, 2.45) is 0 Å². The molecule has 0 unspecified atom stereocenters. The molecular formula is C24H23ClN4O4. The van der Waals surface area contributed by atoms with E-state index in [0.29, 0.717) is 34.0 Å². The maximum atomic E-state index is 12.6. The normalized spacial score (nSPS) is 16.9. The molecule has 0 radical (unpaired) electrons. The molecule has 1 aliphatic rings. The molecule has 3 aromatic rings. The number of fused-ring (bicyclic) bond motifs is 1. The quantitative estimate of drug-likeness (QED) is 0.496. The van der Waals surface area contributed by atoms with E-state index in [2.05, 4.69) is 22.3 Å². The second kappa shape index (κ2) is 9.89. The Labute approximate surface area is 195 Å². The van der Waals surface area contributed by atoms with Gasteiger partial charge in [-0.15, -0.1) is 0 Å². The van der Waals surface area contributed by atoms with Gasteiger partial charge in [0.15, 0.2) is 6.10 Å². The number of aliphatic hydroxyl groups is 1. The van der Waals surface area contributed by atoms with E-state index in [1.807, 2.05) is 30.3 Å². The van der Waals surface area contributed by atoms with Gasteiger partial charge in [0.25, 0.3) is 11.8 Å². The van der Waals surface area contributed by atoms with E-state index in [4.69, 9.17) is 16.3 Å². The zero-order valence-electron chi connectivity index (χ0n) is 17.7. The predicted molar refractivity (Wildman–Crippen MR) is 123 cm³/mol. The van der Waals surface area contributed by atoms with E-state index < -0.39 is 18.1 Å². The molecule has 170 valence electrons. The number of ether oxygens (including phenoxy) is 1. The fourth-order valence-electron chi connectivity index (χ4n) is 3.49. The summed E-state index contributed by atoms with van der Waals surface area (Å²) in [6.07, 6.45) is 1.88. The first-order chi connectivity index (χ1) is 15.9. The molecule has 3 N–H and O–H groups in total. The van der Waals surface area contributed by atoms with Crippen LogP contribution in [-0.2, 0) is 4.79 Å². The van der Waals surface area contributed by atoms with Gasteiger partial charge in [-0.3, -0.25) is 9.59 Å². The summed E-state index contributed by atoms with van der Waals surface area (Å²) in [5.41, 5.74) is 2.27. The highest BCUT2D eigenvalue weighted by Gasteiger charge is 2.32. The molecule has 1 aliphatic heterocycles. The second-order valence-corrected chi connectivity index (χ2v) is 8.08. The Bertz CT molecular complexity index is 1180. The van der Waals surface area contributed by atoms with Crippen LogP contribution in [0.3, 0.4) is 0 Å². The third kappa shape index (κ3) is 5.42. The van der Waals surface area contributed by atoms with E-state index >= 15 is 0 Å². The number of carbonyl (C=O) groups is 2. The average Bonchev–Trinajstić information content (AvgIpc) is 3.30. The first-order valence-electron chi connectivity index (χ1n) is 10.4. The van der Waals surface area contributed by atoms with Gasteiger partial charge >= 0.3 is 0 Å². The van der Waals surface area contributed by atoms with Gasteiger partial charge in [0.2, 0.25) is 0 Å². The number of aliphatic hydroxyl groups excluding tert-OH is 1. The van der Waals surface area contributed by atoms with E-state index in [0.717, 1.165) is 5.69 Å². The summed E-state index contributed by atoms with van der Waals surface area (Å²) in [5, 5.41) is 20.5. The van der Waals surface area contributed by atoms with E-state index in [-0.39, 0.29) is 18.9 Å². The first-order valence-corrected chi connectivity index (χ1v) is 10.8. The average molecular weight is 467 g/mol. The Morgan fingerprint density at radius 2 is 2.03 bits per heavy atom. The SMILES string of the molecule is C=C(CCNC(=O)c1cnn(-c2ccccc2)c1)NC(=O)[C@H]1C[C@@H](O)c2cc(Cl)ccc2O1. The highest BCUT2D eigenvalue weighted by atomic mass is 35.5. The molecule has 9 heteroatoms. The molecule has 0 spiro atoms. The maximum absolute atomic E-state index is 12.6. The summed E-state index contributed by atoms with van der Waals surface area (Å²) in [4.78, 5) is 24.9. The van der Waals surface area contributed by atoms with Crippen LogP contribution in [-0.4, -0.2) is 39.4 Å². The van der Waals surface area contributed by atoms with Crippen LogP contribution in [0, 0.1) is 0 Å². The van der Waals surface area contributed by atoms with E-state index in [9.17, 15) is 14.7 Å². The van der Waals surface area contributed by atoms with Gasteiger partial charge in [0.1, 0.15) is 5.75 Å². The van der Waals surface area contributed by atoms with Crippen molar-refractivity contribution in [2.75, 3.05) is 6.54 Å². The molecule has 8 nitrogen and oxygen atoms in total. The number of hydrogen-bond donors (Lipinski definition) is 3. The van der Waals surface area contributed by atoms with Crippen LogP contribution in [0.5, 0.6) is 5.75 Å². The molecule has 2 aromatic carbocycles. The summed E-state index contributed by atoms with van der Waals surface area (Å²) >= 11 is 5.96. The van der Waals surface area contributed by atoms with Crippen LogP contribution < -0.4 is 15.4 Å². The van der Waals surface area contributed by atoms with Crippen molar-refractivity contribution in [3.8, 4) is 11.4 Å². The summed E-state index contributed by atoms with van der Waals surface area (Å²) < 4.78 is 7.33. The van der Waals surface area contributed by atoms with Crippen molar-refractivity contribution in [2.45, 2.75) is 25.0 Å². The molecule has 0 aliphatic carbocycles. The number of hydrogen-bond acceptors (Lipinski definition) is 5. The lowest BCUT2D eigenvalue weighted by Gasteiger charge is -2.29. The summed E-state index contributed by atoms with van der Waals surface area (Å²) in [6.45, 7) is 4.12. The van der Waals surface area contributed by atoms with Crippen molar-refractivity contribution in [3.63, 3.8) is 0 Å². The molecule has 0 saturated heterocycles. The lowest BCUT2D eigenvalue weighted by molar-refractivity contribution is -0.129. The van der Waals surface area contributed by atoms with E-state index in [1.165, 1.54) is 6.20 Å². The van der Waals surface area contributed by atoms with Crippen molar-refractivity contribution >= 4 is 23.4 Å². The Balaban J connectivity index is 1.24. The minimum absolute atomic E-state index is 0.106. The number of nitrogens with one attached hydrogen (secondary N) is 2. The van der Waals surface area contributed by atoms with Gasteiger partial charge in [-0.1, -0.05) is 36.4 Å². The van der Waals surface area contributed by atoms with Gasteiger partial charge in [0, 0.05) is 41.9 Å². The third-order valence-corrected chi connectivity index (χ3v) is 5.44. The molecule has 0 bridgehead atoms. The largest absolute Gasteiger partial charge is 0.480 e. The Kier molecular flexibility index (Phi) is 6.76. The van der Waals surface area contributed by atoms with Crippen LogP contribution in [0.25, 0.3) is 5.69 Å². The highest BCUT2D eigenvalue weighted by molar-refractivity contribution is 6.30. The zero-order valence-corrected chi connectivity index (χ0v) is 18.5. The molecule has 0 saturated carbocycles. The van der Waals surface area contributed by atoms with Crippen LogP contribution in [0.1, 0.15) is 34.9 Å². The number of halogens is 1. The van der Waals surface area contributed by atoms with Crippen LogP contribution >= 0.6 is 11.6 Å². The highest BCUT2D eigenvalue weighted by Crippen LogP contribution is 2.36. The number of nitrogens with zero attached hydrogens (tertiary/aromatic N) is 2. The Hall–Kier alpha value is -3.62. The summed E-state index contributed by atoms with van der Waals surface area (Å²) in [5.74, 6) is -0.257. The van der Waals surface area contributed by atoms with Crippen LogP contribution in [0.4, 0.5) is 0 Å². The molecule has 2 heterocycles. The van der Waals surface area contributed by atoms with Crippen molar-refractivity contribution in [1.82, 2.24) is 20.4 Å². The smallest absolute Gasteiger partial charge is 0.265 e. The van der Waals surface area contributed by atoms with Gasteiger partial charge in [-0.2, -0.15) is 5.10 Å². The maximum Gasteiger partial charge on any atom is 0.265 e. The number of rotatable bonds is 7. The number of amides is 2. The monoisotopic (exact) mass is 466 g/mol. The summed E-state index contributed by atoms with van der Waals surface area (Å²) in [6, 6.07) is 14.4. The fourth-order valence-corrected chi connectivity index (χ4v) is 3.67. The number of carbonyl (C=O) groups excluding carboxylic acids is 2. The standard InChI is InChI=1S/C24H23ClN4O4/c1-15(28-24(32)22-12-20(30)19-11-17(25)7-8-21(19)33-22)9-10-26-23(31)16-13-27-29(14-16)18-5-3-2-4-6-18/h2-8,11,13-14,20,22,30H,1,9-10,12H2,(H,26,31)(H,28,32)/t20-,22-/m1/s1. The fraction of sp³-hybridized carbons (Fsp3) is 0.208. The number of aromatic nitrogens is 2. The zero-order chi connectivity index (χ0) is 23.4. The van der Waals surface area contributed by atoms with E-state index in [1.54, 1.807) is 29.1 Å². The molecular weight excluding hydrogens is 444 g/mol. The topological polar surface area (TPSA) is 105 Å². The minimum atomic E-state index is -0.858. The molecule has 33 heavy (non-hydrogen) atoms. The van der Waals surface area contributed by atoms with Crippen molar-refractivity contribution in [3.05, 3.63) is 89.4 Å².